The number of H-pyrrole nitrogens is 1. The third kappa shape index (κ3) is 2.69. The van der Waals surface area contributed by atoms with Crippen LogP contribution in [0.5, 0.6) is 0 Å². The number of benzene rings is 1. The van der Waals surface area contributed by atoms with E-state index in [0.29, 0.717) is 28.3 Å². The molecule has 6 nitrogen and oxygen atoms in total. The van der Waals surface area contributed by atoms with Gasteiger partial charge < -0.3 is 5.32 Å². The van der Waals surface area contributed by atoms with Crippen LogP contribution in [0.3, 0.4) is 0 Å². The number of hydrogen-bond donors (Lipinski definition) is 2. The lowest BCUT2D eigenvalue weighted by Gasteiger charge is -2.42. The van der Waals surface area contributed by atoms with Crippen molar-refractivity contribution in [2.75, 3.05) is 5.32 Å². The summed E-state index contributed by atoms with van der Waals surface area (Å²) in [5.74, 6) is -0.368. The number of pyridine rings is 1. The number of fused-ring (bicyclic) bond motifs is 1. The number of nitrogens with zero attached hydrogens (tertiary/aromatic N) is 4. The van der Waals surface area contributed by atoms with Crippen LogP contribution in [0.2, 0.25) is 0 Å². The smallest absolute Gasteiger partial charge is 0.223 e. The van der Waals surface area contributed by atoms with E-state index < -0.39 is 5.54 Å². The van der Waals surface area contributed by atoms with Gasteiger partial charge in [-0.3, -0.25) is 10.1 Å². The lowest BCUT2D eigenvalue weighted by molar-refractivity contribution is 0.264. The highest BCUT2D eigenvalue weighted by molar-refractivity contribution is 5.84. The van der Waals surface area contributed by atoms with E-state index in [2.05, 4.69) is 30.5 Å². The minimum Gasteiger partial charge on any atom is -0.343 e. The number of anilines is 1. The van der Waals surface area contributed by atoms with E-state index in [4.69, 9.17) is 0 Å². The van der Waals surface area contributed by atoms with Crippen LogP contribution in [0.15, 0.2) is 49.1 Å². The van der Waals surface area contributed by atoms with Gasteiger partial charge in [-0.05, 0) is 37.5 Å². The highest BCUT2D eigenvalue weighted by atomic mass is 19.1. The summed E-state index contributed by atoms with van der Waals surface area (Å²) in [5, 5.41) is 10.7. The first-order chi connectivity index (χ1) is 13.6. The van der Waals surface area contributed by atoms with Crippen molar-refractivity contribution >= 4 is 16.9 Å². The second-order valence-electron chi connectivity index (χ2n) is 6.98. The molecule has 0 unspecified atom stereocenters. The monoisotopic (exact) mass is 378 g/mol. The minimum atomic E-state index is -0.603. The van der Waals surface area contributed by atoms with E-state index >= 15 is 0 Å². The minimum absolute atomic E-state index is 0.346. The molecule has 1 aliphatic rings. The molecule has 2 N–H and O–H groups in total. The van der Waals surface area contributed by atoms with E-state index in [-0.39, 0.29) is 11.6 Å². The van der Waals surface area contributed by atoms with Gasteiger partial charge in [0.2, 0.25) is 5.95 Å². The fourth-order valence-corrected chi connectivity index (χ4v) is 3.62. The van der Waals surface area contributed by atoms with E-state index in [1.807, 2.05) is 0 Å². The van der Waals surface area contributed by atoms with E-state index in [1.165, 1.54) is 12.1 Å². The van der Waals surface area contributed by atoms with Crippen molar-refractivity contribution in [2.24, 2.45) is 0 Å². The van der Waals surface area contributed by atoms with Crippen LogP contribution in [0, 0.1) is 11.6 Å². The molecule has 8 heteroatoms. The third-order valence-electron chi connectivity index (χ3n) is 5.26. The van der Waals surface area contributed by atoms with E-state index in [9.17, 15) is 8.78 Å². The zero-order valence-electron chi connectivity index (χ0n) is 14.8. The second kappa shape index (κ2) is 6.33. The Balaban J connectivity index is 1.45. The second-order valence-corrected chi connectivity index (χ2v) is 6.98. The van der Waals surface area contributed by atoms with Gasteiger partial charge >= 0.3 is 0 Å². The highest BCUT2D eigenvalue weighted by Crippen LogP contribution is 2.43. The molecule has 0 bridgehead atoms. The molecular formula is C20H16F2N6. The summed E-state index contributed by atoms with van der Waals surface area (Å²) in [6.45, 7) is 0. The maximum Gasteiger partial charge on any atom is 0.223 e. The molecule has 0 spiro atoms. The summed E-state index contributed by atoms with van der Waals surface area (Å²) in [7, 11) is 0. The number of aromatic nitrogens is 5. The van der Waals surface area contributed by atoms with Gasteiger partial charge in [-0.15, -0.1) is 0 Å². The van der Waals surface area contributed by atoms with Gasteiger partial charge in [0.15, 0.2) is 0 Å². The van der Waals surface area contributed by atoms with Crippen molar-refractivity contribution in [1.29, 1.82) is 0 Å². The van der Waals surface area contributed by atoms with Crippen molar-refractivity contribution in [1.82, 2.24) is 25.1 Å². The molecular weight excluding hydrogens is 362 g/mol. The molecule has 0 atom stereocenters. The molecule has 1 aliphatic carbocycles. The van der Waals surface area contributed by atoms with Crippen molar-refractivity contribution in [3.05, 3.63) is 66.4 Å². The van der Waals surface area contributed by atoms with Crippen LogP contribution in [0.1, 0.15) is 25.0 Å². The topological polar surface area (TPSA) is 79.4 Å². The van der Waals surface area contributed by atoms with Crippen molar-refractivity contribution in [3.63, 3.8) is 0 Å². The normalized spacial score (nSPS) is 15.4. The van der Waals surface area contributed by atoms with Crippen molar-refractivity contribution < 1.29 is 8.78 Å². The summed E-state index contributed by atoms with van der Waals surface area (Å²) >= 11 is 0. The van der Waals surface area contributed by atoms with Gasteiger partial charge in [-0.1, -0.05) is 0 Å². The average molecular weight is 378 g/mol. The molecule has 0 amide bonds. The van der Waals surface area contributed by atoms with Crippen LogP contribution in [0.25, 0.3) is 22.0 Å². The van der Waals surface area contributed by atoms with E-state index in [1.54, 1.807) is 36.9 Å². The van der Waals surface area contributed by atoms with Crippen LogP contribution in [-0.4, -0.2) is 25.1 Å². The lowest BCUT2D eigenvalue weighted by Crippen LogP contribution is -2.44. The number of halogens is 2. The largest absolute Gasteiger partial charge is 0.343 e. The third-order valence-corrected chi connectivity index (χ3v) is 5.26. The highest BCUT2D eigenvalue weighted by Gasteiger charge is 2.42. The Bertz CT molecular complexity index is 1150. The van der Waals surface area contributed by atoms with Crippen molar-refractivity contribution in [2.45, 2.75) is 24.8 Å². The van der Waals surface area contributed by atoms with Gasteiger partial charge in [-0.2, -0.15) is 5.10 Å². The Morgan fingerprint density at radius 3 is 2.54 bits per heavy atom. The Morgan fingerprint density at radius 1 is 1.00 bits per heavy atom. The Morgan fingerprint density at radius 2 is 1.82 bits per heavy atom. The van der Waals surface area contributed by atoms with Crippen LogP contribution in [-0.2, 0) is 5.54 Å². The number of rotatable bonds is 4. The quantitative estimate of drug-likeness (QED) is 0.557. The van der Waals surface area contributed by atoms with Gasteiger partial charge in [0.05, 0.1) is 17.3 Å². The van der Waals surface area contributed by atoms with Gasteiger partial charge in [-0.25, -0.2) is 18.7 Å². The molecule has 0 radical (unpaired) electrons. The fraction of sp³-hybridized carbons (Fsp3) is 0.200. The van der Waals surface area contributed by atoms with E-state index in [0.717, 1.165) is 24.6 Å². The number of hydrogen-bond acceptors (Lipinski definition) is 5. The Labute approximate surface area is 159 Å². The predicted octanol–water partition coefficient (Wildman–Crippen LogP) is 4.18. The summed E-state index contributed by atoms with van der Waals surface area (Å²) in [4.78, 5) is 12.9. The first-order valence-corrected chi connectivity index (χ1v) is 8.99. The predicted molar refractivity (Wildman–Crippen MR) is 100 cm³/mol. The van der Waals surface area contributed by atoms with Gasteiger partial charge in [0.1, 0.15) is 17.3 Å². The molecule has 28 heavy (non-hydrogen) atoms. The maximum atomic E-state index is 14.4. The maximum absolute atomic E-state index is 14.4. The van der Waals surface area contributed by atoms with Gasteiger partial charge in [0.25, 0.3) is 0 Å². The van der Waals surface area contributed by atoms with Crippen LogP contribution < -0.4 is 5.32 Å². The summed E-state index contributed by atoms with van der Waals surface area (Å²) < 4.78 is 28.7. The van der Waals surface area contributed by atoms with Crippen LogP contribution >= 0.6 is 0 Å². The molecule has 0 saturated heterocycles. The molecule has 140 valence electrons. The molecule has 3 heterocycles. The Hall–Kier alpha value is -3.42. The van der Waals surface area contributed by atoms with Gasteiger partial charge in [0, 0.05) is 41.2 Å². The molecule has 1 aromatic carbocycles. The Kier molecular flexibility index (Phi) is 3.78. The molecule has 1 saturated carbocycles. The molecule has 5 rings (SSSR count). The average Bonchev–Trinajstić information content (AvgIpc) is 3.12. The molecule has 4 aromatic rings. The van der Waals surface area contributed by atoms with Crippen LogP contribution in [0.4, 0.5) is 14.7 Å². The first kappa shape index (κ1) is 16.7. The SMILES string of the molecule is Fc1cc2[nH]ncc2cc1-c1cnc(NC2(c3ncccc3F)CCC2)nc1. The molecule has 1 fully saturated rings. The standard InChI is InChI=1S/C20H16F2N6/c21-15-3-1-6-23-18(15)20(4-2-5-20)27-19-24-9-13(10-25-19)14-7-12-11-26-28-17(12)8-16(14)22/h1,3,6-11H,2,4-5H2,(H,26,28)(H,24,25,27). The number of aromatic amines is 1. The number of nitrogens with one attached hydrogen (secondary N) is 2. The first-order valence-electron chi connectivity index (χ1n) is 8.99. The zero-order valence-corrected chi connectivity index (χ0v) is 14.8. The summed E-state index contributed by atoms with van der Waals surface area (Å²) in [5.41, 5.74) is 1.36. The lowest BCUT2D eigenvalue weighted by atomic mass is 9.74. The zero-order chi connectivity index (χ0) is 19.1. The molecule has 3 aromatic heterocycles. The summed E-state index contributed by atoms with van der Waals surface area (Å²) in [6.07, 6.45) is 8.80. The summed E-state index contributed by atoms with van der Waals surface area (Å²) in [6, 6.07) is 6.08. The van der Waals surface area contributed by atoms with Crippen molar-refractivity contribution in [3.8, 4) is 11.1 Å². The fourth-order valence-electron chi connectivity index (χ4n) is 3.62. The molecule has 0 aliphatic heterocycles.